The Balaban J connectivity index is 2.03. The van der Waals surface area contributed by atoms with Crippen molar-refractivity contribution in [2.75, 3.05) is 11.9 Å². The summed E-state index contributed by atoms with van der Waals surface area (Å²) in [6.07, 6.45) is 2.04. The fourth-order valence-electron chi connectivity index (χ4n) is 1.76. The molecule has 0 aliphatic rings. The Morgan fingerprint density at radius 2 is 2.05 bits per heavy atom. The Morgan fingerprint density at radius 1 is 1.30 bits per heavy atom. The number of nitrogens with zero attached hydrogens (tertiary/aromatic N) is 2. The molecular weight excluding hydrogens is 299 g/mol. The van der Waals surface area contributed by atoms with Crippen LogP contribution in [0.3, 0.4) is 0 Å². The maximum Gasteiger partial charge on any atom is 0.248 e. The van der Waals surface area contributed by atoms with Gasteiger partial charge in [-0.05, 0) is 29.7 Å². The summed E-state index contributed by atoms with van der Waals surface area (Å²) in [5.41, 5.74) is 6.70. The van der Waals surface area contributed by atoms with Gasteiger partial charge < -0.3 is 11.1 Å². The van der Waals surface area contributed by atoms with Crippen LogP contribution in [0.4, 0.5) is 5.82 Å². The third kappa shape index (κ3) is 3.59. The van der Waals surface area contributed by atoms with E-state index in [2.05, 4.69) is 15.3 Å². The number of hydrogen-bond donors (Lipinski definition) is 2. The molecule has 104 valence electrons. The van der Waals surface area contributed by atoms with Crippen LogP contribution in [0.25, 0.3) is 0 Å². The van der Waals surface area contributed by atoms with Gasteiger partial charge in [0.15, 0.2) is 0 Å². The first-order valence-electron chi connectivity index (χ1n) is 5.87. The van der Waals surface area contributed by atoms with E-state index in [4.69, 9.17) is 28.9 Å². The van der Waals surface area contributed by atoms with Gasteiger partial charge in [0.05, 0.1) is 6.20 Å². The molecule has 0 saturated heterocycles. The highest BCUT2D eigenvalue weighted by molar-refractivity contribution is 6.33. The standard InChI is InChI=1S/C13H12Cl2N4O/c14-10-7-18-13(15)19-12(10)17-6-5-8-3-1-2-4-9(8)11(16)20/h1-4,7H,5-6H2,(H2,16,20)(H,17,18,19). The molecule has 0 aliphatic carbocycles. The Labute approximate surface area is 126 Å². The molecule has 0 radical (unpaired) electrons. The van der Waals surface area contributed by atoms with Crippen LogP contribution in [0.2, 0.25) is 10.3 Å². The highest BCUT2D eigenvalue weighted by Gasteiger charge is 2.08. The number of carbonyl (C=O) groups is 1. The van der Waals surface area contributed by atoms with Crippen molar-refractivity contribution in [3.8, 4) is 0 Å². The van der Waals surface area contributed by atoms with Crippen molar-refractivity contribution >= 4 is 34.9 Å². The molecule has 1 heterocycles. The Morgan fingerprint density at radius 3 is 2.80 bits per heavy atom. The van der Waals surface area contributed by atoms with Crippen LogP contribution in [0.1, 0.15) is 15.9 Å². The summed E-state index contributed by atoms with van der Waals surface area (Å²) >= 11 is 11.6. The minimum absolute atomic E-state index is 0.120. The van der Waals surface area contributed by atoms with Crippen LogP contribution in [0, 0.1) is 0 Å². The number of anilines is 1. The highest BCUT2D eigenvalue weighted by atomic mass is 35.5. The first kappa shape index (κ1) is 14.6. The SMILES string of the molecule is NC(=O)c1ccccc1CCNc1nc(Cl)ncc1Cl. The maximum atomic E-state index is 11.3. The summed E-state index contributed by atoms with van der Waals surface area (Å²) in [4.78, 5) is 19.0. The lowest BCUT2D eigenvalue weighted by molar-refractivity contribution is 0.0999. The summed E-state index contributed by atoms with van der Waals surface area (Å²) in [5, 5.41) is 3.56. The van der Waals surface area contributed by atoms with Crippen LogP contribution in [-0.4, -0.2) is 22.4 Å². The Bertz CT molecular complexity index is 634. The molecule has 0 aliphatic heterocycles. The van der Waals surface area contributed by atoms with Gasteiger partial charge in [-0.25, -0.2) is 4.98 Å². The fourth-order valence-corrected chi connectivity index (χ4v) is 2.06. The summed E-state index contributed by atoms with van der Waals surface area (Å²) in [6.45, 7) is 0.539. The van der Waals surface area contributed by atoms with Gasteiger partial charge in [0.25, 0.3) is 0 Å². The average molecular weight is 311 g/mol. The van der Waals surface area contributed by atoms with Crippen LogP contribution in [0.5, 0.6) is 0 Å². The monoisotopic (exact) mass is 310 g/mol. The molecule has 0 saturated carbocycles. The van der Waals surface area contributed by atoms with Gasteiger partial charge in [-0.2, -0.15) is 4.98 Å². The van der Waals surface area contributed by atoms with Crippen LogP contribution < -0.4 is 11.1 Å². The number of amides is 1. The highest BCUT2D eigenvalue weighted by Crippen LogP contribution is 2.19. The lowest BCUT2D eigenvalue weighted by Crippen LogP contribution is -2.15. The number of nitrogens with one attached hydrogen (secondary N) is 1. The summed E-state index contributed by atoms with van der Waals surface area (Å²) in [6, 6.07) is 7.19. The van der Waals surface area contributed by atoms with Gasteiger partial charge >= 0.3 is 0 Å². The molecule has 1 aromatic heterocycles. The average Bonchev–Trinajstić information content (AvgIpc) is 2.43. The van der Waals surface area contributed by atoms with Crippen molar-refractivity contribution in [1.29, 1.82) is 0 Å². The van der Waals surface area contributed by atoms with E-state index in [1.807, 2.05) is 12.1 Å². The predicted molar refractivity (Wildman–Crippen MR) is 79.2 cm³/mol. The zero-order valence-electron chi connectivity index (χ0n) is 10.4. The van der Waals surface area contributed by atoms with Gasteiger partial charge in [0, 0.05) is 12.1 Å². The van der Waals surface area contributed by atoms with Gasteiger partial charge in [0.2, 0.25) is 11.2 Å². The molecule has 1 aromatic carbocycles. The third-order valence-electron chi connectivity index (χ3n) is 2.68. The molecule has 0 fully saturated rings. The number of halogens is 2. The van der Waals surface area contributed by atoms with E-state index in [-0.39, 0.29) is 5.28 Å². The van der Waals surface area contributed by atoms with Crippen molar-refractivity contribution in [3.05, 3.63) is 51.9 Å². The summed E-state index contributed by atoms with van der Waals surface area (Å²) in [5.74, 6) is 0.0203. The molecule has 0 unspecified atom stereocenters. The second kappa shape index (κ2) is 6.54. The van der Waals surface area contributed by atoms with Crippen molar-refractivity contribution in [3.63, 3.8) is 0 Å². The van der Waals surface area contributed by atoms with Crippen molar-refractivity contribution in [2.24, 2.45) is 5.73 Å². The molecule has 2 rings (SSSR count). The molecular formula is C13H12Cl2N4O. The third-order valence-corrected chi connectivity index (χ3v) is 3.14. The molecule has 7 heteroatoms. The van der Waals surface area contributed by atoms with Crippen LogP contribution >= 0.6 is 23.2 Å². The molecule has 1 amide bonds. The molecule has 3 N–H and O–H groups in total. The van der Waals surface area contributed by atoms with Crippen LogP contribution in [-0.2, 0) is 6.42 Å². The molecule has 0 atom stereocenters. The minimum Gasteiger partial charge on any atom is -0.368 e. The zero-order valence-corrected chi connectivity index (χ0v) is 11.9. The number of carbonyl (C=O) groups excluding carboxylic acids is 1. The van der Waals surface area contributed by atoms with E-state index in [9.17, 15) is 4.79 Å². The topological polar surface area (TPSA) is 80.9 Å². The van der Waals surface area contributed by atoms with E-state index in [0.29, 0.717) is 29.4 Å². The second-order valence-corrected chi connectivity index (χ2v) is 4.78. The smallest absolute Gasteiger partial charge is 0.248 e. The van der Waals surface area contributed by atoms with Gasteiger partial charge in [0.1, 0.15) is 10.8 Å². The minimum atomic E-state index is -0.441. The first-order chi connectivity index (χ1) is 9.58. The second-order valence-electron chi connectivity index (χ2n) is 4.03. The van der Waals surface area contributed by atoms with Gasteiger partial charge in [-0.3, -0.25) is 4.79 Å². The van der Waals surface area contributed by atoms with E-state index >= 15 is 0 Å². The zero-order chi connectivity index (χ0) is 14.5. The summed E-state index contributed by atoms with van der Waals surface area (Å²) in [7, 11) is 0. The predicted octanol–water partition coefficient (Wildman–Crippen LogP) is 2.54. The Kier molecular flexibility index (Phi) is 4.76. The van der Waals surface area contributed by atoms with Crippen molar-refractivity contribution in [2.45, 2.75) is 6.42 Å². The van der Waals surface area contributed by atoms with Gasteiger partial charge in [-0.1, -0.05) is 29.8 Å². The quantitative estimate of drug-likeness (QED) is 0.832. The number of rotatable bonds is 5. The van der Waals surface area contributed by atoms with Crippen molar-refractivity contribution < 1.29 is 4.79 Å². The lowest BCUT2D eigenvalue weighted by Gasteiger charge is -2.09. The van der Waals surface area contributed by atoms with Gasteiger partial charge in [-0.15, -0.1) is 0 Å². The lowest BCUT2D eigenvalue weighted by atomic mass is 10.0. The normalized spacial score (nSPS) is 10.3. The number of primary amides is 1. The van der Waals surface area contributed by atoms with E-state index in [1.54, 1.807) is 12.1 Å². The fraction of sp³-hybridized carbons (Fsp3) is 0.154. The molecule has 0 spiro atoms. The molecule has 20 heavy (non-hydrogen) atoms. The molecule has 5 nitrogen and oxygen atoms in total. The van der Waals surface area contributed by atoms with Crippen molar-refractivity contribution in [1.82, 2.24) is 9.97 Å². The first-order valence-corrected chi connectivity index (χ1v) is 6.63. The summed E-state index contributed by atoms with van der Waals surface area (Å²) < 4.78 is 0. The maximum absolute atomic E-state index is 11.3. The Hall–Kier alpha value is -1.85. The number of hydrogen-bond acceptors (Lipinski definition) is 4. The van der Waals surface area contributed by atoms with E-state index in [1.165, 1.54) is 6.20 Å². The molecule has 2 aromatic rings. The number of benzene rings is 1. The largest absolute Gasteiger partial charge is 0.368 e. The molecule has 0 bridgehead atoms. The number of nitrogens with two attached hydrogens (primary N) is 1. The number of aromatic nitrogens is 2. The van der Waals surface area contributed by atoms with Crippen LogP contribution in [0.15, 0.2) is 30.5 Å². The van der Waals surface area contributed by atoms with E-state index < -0.39 is 5.91 Å². The van der Waals surface area contributed by atoms with E-state index in [0.717, 1.165) is 5.56 Å².